The quantitative estimate of drug-likeness (QED) is 0.130. The van der Waals surface area contributed by atoms with Gasteiger partial charge in [0.1, 0.15) is 0 Å². The van der Waals surface area contributed by atoms with Gasteiger partial charge in [-0.3, -0.25) is 0 Å². The molecule has 4 heteroatoms. The molecule has 28 rings (SSSR count). The van der Waals surface area contributed by atoms with Gasteiger partial charge in [0.05, 0.1) is 66.3 Å². The van der Waals surface area contributed by atoms with Crippen molar-refractivity contribution >= 4 is 130 Å². The molecule has 2 aliphatic carbocycles. The highest BCUT2D eigenvalue weighted by molar-refractivity contribution is 6.20. The van der Waals surface area contributed by atoms with Crippen LogP contribution in [-0.4, -0.2) is 18.3 Å². The Morgan fingerprint density at radius 1 is 0.162 bits per heavy atom. The number of rotatable bonds is 10. The van der Waals surface area contributed by atoms with E-state index in [1.807, 2.05) is 0 Å². The van der Waals surface area contributed by atoms with E-state index in [0.29, 0.717) is 0 Å². The minimum Gasteiger partial charge on any atom is -0.309 e. The summed E-state index contributed by atoms with van der Waals surface area (Å²) in [5.74, 6) is 0. The van der Waals surface area contributed by atoms with Crippen molar-refractivity contribution in [2.24, 2.45) is 0 Å². The zero-order chi connectivity index (χ0) is 85.3. The molecule has 0 amide bonds. The predicted octanol–water partition coefficient (Wildman–Crippen LogP) is 32.4. The van der Waals surface area contributed by atoms with E-state index >= 15 is 0 Å². The average molecular weight is 1650 g/mol. The van der Waals surface area contributed by atoms with E-state index in [9.17, 15) is 0 Å². The minimum atomic E-state index is -0.572. The van der Waals surface area contributed by atoms with Crippen LogP contribution in [0.4, 0.5) is 0 Å². The molecular formula is C126H80N4. The summed E-state index contributed by atoms with van der Waals surface area (Å²) in [7, 11) is 0. The van der Waals surface area contributed by atoms with Gasteiger partial charge in [0, 0.05) is 76.4 Å². The van der Waals surface area contributed by atoms with E-state index in [0.717, 1.165) is 0 Å². The summed E-state index contributed by atoms with van der Waals surface area (Å²) in [5, 5.41) is 19.8. The van der Waals surface area contributed by atoms with Crippen LogP contribution >= 0.6 is 0 Å². The topological polar surface area (TPSA) is 19.7 Å². The molecule has 0 bridgehead atoms. The van der Waals surface area contributed by atoms with E-state index in [2.05, 4.69) is 504 Å². The van der Waals surface area contributed by atoms with Gasteiger partial charge in [-0.25, -0.2) is 0 Å². The smallest absolute Gasteiger partial charge is 0.0734 e. The summed E-state index contributed by atoms with van der Waals surface area (Å²) >= 11 is 0. The van der Waals surface area contributed by atoms with E-state index in [1.54, 1.807) is 0 Å². The maximum absolute atomic E-state index is 2.59. The third-order valence-corrected chi connectivity index (χ3v) is 28.7. The van der Waals surface area contributed by atoms with E-state index in [4.69, 9.17) is 0 Å². The SMILES string of the molecule is c1ccc(C2(c3ccccc3)c3ccccc3-c3c2ccc2c4cc(-c5ccc6c(c5)c5ccccc5n6-c5ccc6ccccc6c5)ccc4n(-c4cccc5ccccc45)c32)cc1.c1ccc(C2(c3ccccc3)c3ccccc3-c3ccc4c5cc(-c6ccc7c(c6)c6ccccc6n7-c6ccc7ccccc7c6)ccc5n(-c5cccc6ccccc56)c4c32)cc1. The van der Waals surface area contributed by atoms with Gasteiger partial charge in [-0.05, 0) is 207 Å². The summed E-state index contributed by atoms with van der Waals surface area (Å²) in [6, 6.07) is 180. The molecule has 4 nitrogen and oxygen atoms in total. The van der Waals surface area contributed by atoms with Crippen LogP contribution in [0.25, 0.3) is 198 Å². The Kier molecular flexibility index (Phi) is 16.3. The number of benzene rings is 22. The van der Waals surface area contributed by atoms with Crippen LogP contribution < -0.4 is 0 Å². The first-order chi connectivity index (χ1) is 64.5. The number of fused-ring (bicyclic) bond motifs is 24. The lowest BCUT2D eigenvalue weighted by Crippen LogP contribution is -2.29. The molecule has 0 radical (unpaired) electrons. The van der Waals surface area contributed by atoms with Crippen molar-refractivity contribution in [1.82, 2.24) is 18.3 Å². The van der Waals surface area contributed by atoms with Crippen molar-refractivity contribution in [1.29, 1.82) is 0 Å². The lowest BCUT2D eigenvalue weighted by Gasteiger charge is -2.34. The van der Waals surface area contributed by atoms with Crippen molar-refractivity contribution in [3.8, 4) is 67.3 Å². The summed E-state index contributed by atoms with van der Waals surface area (Å²) in [4.78, 5) is 0. The van der Waals surface area contributed by atoms with Gasteiger partial charge in [0.25, 0.3) is 0 Å². The third kappa shape index (κ3) is 10.7. The molecule has 4 aromatic heterocycles. The van der Waals surface area contributed by atoms with Gasteiger partial charge in [-0.2, -0.15) is 0 Å². The number of aromatic nitrogens is 4. The van der Waals surface area contributed by atoms with Gasteiger partial charge in [-0.1, -0.05) is 388 Å². The molecule has 0 spiro atoms. The Morgan fingerprint density at radius 3 is 0.977 bits per heavy atom. The normalized spacial score (nSPS) is 13.0. The molecule has 0 saturated carbocycles. The van der Waals surface area contributed by atoms with Crippen LogP contribution in [0, 0.1) is 0 Å². The van der Waals surface area contributed by atoms with E-state index < -0.39 is 10.8 Å². The summed E-state index contributed by atoms with van der Waals surface area (Å²) in [5.41, 5.74) is 33.5. The standard InChI is InChI=1S/2C63H40N2/c1-3-20-46(21-4-1)63(47-22-5-2-6-23-47)55-27-13-11-26-52(55)61-56(63)35-34-51-54-40-45(32-37-60(54)65(62(51)61)57-29-15-19-42-17-9-10-24-49(42)57)44-31-36-59-53(39-44)50-25-12-14-28-58(50)64(59)48-33-30-41-16-7-8-18-43(41)38-48;1-3-20-46(21-4-1)63(47-22-5-2-6-23-47)56-27-13-11-25-50(56)52-34-35-53-55-40-45(32-37-60(55)65(62(53)61(52)63)57-29-15-19-42-17-9-10-24-49(42)57)44-31-36-59-54(39-44)51-26-12-14-28-58(51)64(59)48-33-30-41-16-7-8-18-43(41)38-48/h2*1-40H. The zero-order valence-electron chi connectivity index (χ0n) is 71.0. The summed E-state index contributed by atoms with van der Waals surface area (Å²) in [6.07, 6.45) is 0. The fraction of sp³-hybridized carbons (Fsp3) is 0.0159. The fourth-order valence-corrected chi connectivity index (χ4v) is 23.2. The Bertz CT molecular complexity index is 9090. The highest BCUT2D eigenvalue weighted by Gasteiger charge is 2.50. The predicted molar refractivity (Wildman–Crippen MR) is 546 cm³/mol. The molecule has 0 unspecified atom stereocenters. The van der Waals surface area contributed by atoms with Crippen molar-refractivity contribution in [3.05, 3.63) is 530 Å². The third-order valence-electron chi connectivity index (χ3n) is 28.7. The van der Waals surface area contributed by atoms with Gasteiger partial charge < -0.3 is 18.3 Å². The molecule has 26 aromatic rings. The minimum absolute atomic E-state index is 0.505. The molecule has 0 aliphatic heterocycles. The van der Waals surface area contributed by atoms with Crippen molar-refractivity contribution in [3.63, 3.8) is 0 Å². The maximum atomic E-state index is 2.59. The van der Waals surface area contributed by atoms with E-state index in [1.165, 1.54) is 242 Å². The summed E-state index contributed by atoms with van der Waals surface area (Å²) in [6.45, 7) is 0. The van der Waals surface area contributed by atoms with Crippen LogP contribution in [0.5, 0.6) is 0 Å². The van der Waals surface area contributed by atoms with Gasteiger partial charge in [0.15, 0.2) is 0 Å². The number of hydrogen-bond donors (Lipinski definition) is 0. The maximum Gasteiger partial charge on any atom is 0.0734 e. The van der Waals surface area contributed by atoms with Crippen molar-refractivity contribution < 1.29 is 0 Å². The average Bonchev–Trinajstić information content (AvgIpc) is 1.51. The fourth-order valence-electron chi connectivity index (χ4n) is 23.2. The van der Waals surface area contributed by atoms with Crippen LogP contribution in [0.1, 0.15) is 44.5 Å². The second kappa shape index (κ2) is 28.8. The van der Waals surface area contributed by atoms with Gasteiger partial charge in [0.2, 0.25) is 0 Å². The van der Waals surface area contributed by atoms with Gasteiger partial charge >= 0.3 is 0 Å². The molecule has 2 aliphatic rings. The first kappa shape index (κ1) is 73.4. The van der Waals surface area contributed by atoms with E-state index in [-0.39, 0.29) is 0 Å². The molecule has 604 valence electrons. The Balaban J connectivity index is 0.000000134. The van der Waals surface area contributed by atoms with Crippen LogP contribution in [-0.2, 0) is 10.8 Å². The molecule has 0 fully saturated rings. The molecule has 0 N–H and O–H groups in total. The van der Waals surface area contributed by atoms with Gasteiger partial charge in [-0.15, -0.1) is 0 Å². The summed E-state index contributed by atoms with van der Waals surface area (Å²) < 4.78 is 10.00. The Labute approximate surface area is 751 Å². The molecule has 4 heterocycles. The van der Waals surface area contributed by atoms with Crippen molar-refractivity contribution in [2.45, 2.75) is 10.8 Å². The number of hydrogen-bond acceptors (Lipinski definition) is 0. The largest absolute Gasteiger partial charge is 0.309 e. The molecular weight excluding hydrogens is 1570 g/mol. The number of para-hydroxylation sites is 2. The van der Waals surface area contributed by atoms with Crippen LogP contribution in [0.15, 0.2) is 485 Å². The lowest BCUT2D eigenvalue weighted by molar-refractivity contribution is 0.769. The molecule has 130 heavy (non-hydrogen) atoms. The first-order valence-corrected chi connectivity index (χ1v) is 45.2. The second-order valence-corrected chi connectivity index (χ2v) is 35.2. The van der Waals surface area contributed by atoms with Crippen LogP contribution in [0.3, 0.4) is 0 Å². The zero-order valence-corrected chi connectivity index (χ0v) is 71.0. The van der Waals surface area contributed by atoms with Crippen LogP contribution in [0.2, 0.25) is 0 Å². The first-order valence-electron chi connectivity index (χ1n) is 45.2. The number of nitrogens with zero attached hydrogens (tertiary/aromatic N) is 4. The lowest BCUT2D eigenvalue weighted by atomic mass is 9.67. The molecule has 0 atom stereocenters. The molecule has 0 saturated heterocycles. The monoisotopic (exact) mass is 1650 g/mol. The highest BCUT2D eigenvalue weighted by Crippen LogP contribution is 2.62. The second-order valence-electron chi connectivity index (χ2n) is 35.2. The Hall–Kier alpha value is -16.9. The molecule has 22 aromatic carbocycles. The Morgan fingerprint density at radius 2 is 0.500 bits per heavy atom. The van der Waals surface area contributed by atoms with Crippen molar-refractivity contribution in [2.75, 3.05) is 0 Å². The highest BCUT2D eigenvalue weighted by atomic mass is 15.0.